The molecule has 1 amide bonds. The number of rotatable bonds is 4. The Hall–Kier alpha value is -1.34. The number of halogens is 2. The zero-order chi connectivity index (χ0) is 16.3. The molecule has 0 saturated heterocycles. The normalized spacial score (nSPS) is 11.1. The van der Waals surface area contributed by atoms with Crippen molar-refractivity contribution in [2.24, 2.45) is 0 Å². The van der Waals surface area contributed by atoms with Crippen molar-refractivity contribution in [2.75, 3.05) is 5.32 Å². The fourth-order valence-corrected chi connectivity index (χ4v) is 2.51. The van der Waals surface area contributed by atoms with Crippen LogP contribution in [0.1, 0.15) is 19.4 Å². The first-order valence-electron chi connectivity index (χ1n) is 6.66. The molecule has 1 aromatic heterocycles. The van der Waals surface area contributed by atoms with Gasteiger partial charge >= 0.3 is 0 Å². The number of pyridine rings is 1. The molecule has 0 radical (unpaired) electrons. The average molecular weight is 431 g/mol. The molecular formula is C16H16ClIN2O2. The number of carbonyl (C=O) groups is 1. The number of hydrogen-bond donors (Lipinski definition) is 1. The third kappa shape index (κ3) is 4.33. The number of ether oxygens (including phenoxy) is 1. The van der Waals surface area contributed by atoms with E-state index in [2.05, 4.69) is 32.9 Å². The molecule has 0 bridgehead atoms. The van der Waals surface area contributed by atoms with E-state index < -0.39 is 5.60 Å². The maximum absolute atomic E-state index is 12.4. The molecule has 1 N–H and O–H groups in total. The molecule has 1 heterocycles. The number of aryl methyl sites for hydroxylation is 1. The summed E-state index contributed by atoms with van der Waals surface area (Å²) in [6.07, 6.45) is 1.70. The quantitative estimate of drug-likeness (QED) is 0.730. The van der Waals surface area contributed by atoms with Gasteiger partial charge in [-0.05, 0) is 79.3 Å². The molecule has 22 heavy (non-hydrogen) atoms. The summed E-state index contributed by atoms with van der Waals surface area (Å²) >= 11 is 8.02. The van der Waals surface area contributed by atoms with Crippen LogP contribution in [0, 0.1) is 10.5 Å². The largest absolute Gasteiger partial charge is 0.478 e. The smallest absolute Gasteiger partial charge is 0.269 e. The maximum Gasteiger partial charge on any atom is 0.269 e. The van der Waals surface area contributed by atoms with Gasteiger partial charge in [-0.1, -0.05) is 11.6 Å². The van der Waals surface area contributed by atoms with Crippen LogP contribution in [0.4, 0.5) is 5.82 Å². The van der Waals surface area contributed by atoms with Crippen molar-refractivity contribution in [3.63, 3.8) is 0 Å². The molecular weight excluding hydrogens is 415 g/mol. The van der Waals surface area contributed by atoms with Crippen molar-refractivity contribution in [2.45, 2.75) is 26.4 Å². The van der Waals surface area contributed by atoms with Gasteiger partial charge in [-0.2, -0.15) is 0 Å². The number of anilines is 1. The van der Waals surface area contributed by atoms with E-state index in [1.165, 1.54) is 0 Å². The molecule has 0 aliphatic rings. The standard InChI is InChI=1S/C16H16ClIN2O2/c1-10-8-12(18)9-19-14(10)20-15(21)16(2,3)22-13-6-4-11(17)5-7-13/h4-9H,1-3H3,(H,19,20,21). The van der Waals surface area contributed by atoms with Gasteiger partial charge in [0.2, 0.25) is 0 Å². The van der Waals surface area contributed by atoms with Crippen LogP contribution < -0.4 is 10.1 Å². The predicted molar refractivity (Wildman–Crippen MR) is 96.5 cm³/mol. The Kier molecular flexibility index (Phi) is 5.28. The highest BCUT2D eigenvalue weighted by Crippen LogP contribution is 2.22. The molecule has 4 nitrogen and oxygen atoms in total. The van der Waals surface area contributed by atoms with Gasteiger partial charge < -0.3 is 10.1 Å². The number of benzene rings is 1. The Morgan fingerprint density at radius 2 is 1.95 bits per heavy atom. The number of hydrogen-bond acceptors (Lipinski definition) is 3. The predicted octanol–water partition coefficient (Wildman–Crippen LogP) is 4.44. The summed E-state index contributed by atoms with van der Waals surface area (Å²) in [5.74, 6) is 0.856. The molecule has 1 aromatic carbocycles. The molecule has 0 aliphatic heterocycles. The molecule has 0 saturated carbocycles. The van der Waals surface area contributed by atoms with Gasteiger partial charge in [-0.15, -0.1) is 0 Å². The molecule has 0 spiro atoms. The number of nitrogens with one attached hydrogen (secondary N) is 1. The van der Waals surface area contributed by atoms with Crippen molar-refractivity contribution in [3.05, 3.63) is 50.7 Å². The molecule has 0 unspecified atom stereocenters. The van der Waals surface area contributed by atoms with Crippen molar-refractivity contribution in [3.8, 4) is 5.75 Å². The summed E-state index contributed by atoms with van der Waals surface area (Å²) in [7, 11) is 0. The van der Waals surface area contributed by atoms with Gasteiger partial charge in [0, 0.05) is 14.8 Å². The van der Waals surface area contributed by atoms with E-state index in [9.17, 15) is 4.79 Å². The minimum absolute atomic E-state index is 0.265. The van der Waals surface area contributed by atoms with Crippen LogP contribution in [0.3, 0.4) is 0 Å². The summed E-state index contributed by atoms with van der Waals surface area (Å²) in [6.45, 7) is 5.32. The molecule has 2 aromatic rings. The third-order valence-electron chi connectivity index (χ3n) is 3.01. The Labute approximate surface area is 148 Å². The molecule has 0 fully saturated rings. The van der Waals surface area contributed by atoms with Gasteiger partial charge in [0.15, 0.2) is 5.60 Å². The molecule has 0 atom stereocenters. The number of carbonyl (C=O) groups excluding carboxylic acids is 1. The van der Waals surface area contributed by atoms with Crippen LogP contribution in [-0.4, -0.2) is 16.5 Å². The first kappa shape index (κ1) is 17.0. The lowest BCUT2D eigenvalue weighted by Gasteiger charge is -2.25. The molecule has 2 rings (SSSR count). The average Bonchev–Trinajstić information content (AvgIpc) is 2.44. The van der Waals surface area contributed by atoms with Crippen LogP contribution >= 0.6 is 34.2 Å². The highest BCUT2D eigenvalue weighted by molar-refractivity contribution is 14.1. The summed E-state index contributed by atoms with van der Waals surface area (Å²) < 4.78 is 6.77. The van der Waals surface area contributed by atoms with E-state index in [1.807, 2.05) is 13.0 Å². The number of amides is 1. The van der Waals surface area contributed by atoms with Crippen LogP contribution in [0.25, 0.3) is 0 Å². The Balaban J connectivity index is 2.11. The first-order valence-corrected chi connectivity index (χ1v) is 8.12. The lowest BCUT2D eigenvalue weighted by molar-refractivity contribution is -0.128. The molecule has 0 aliphatic carbocycles. The van der Waals surface area contributed by atoms with E-state index in [-0.39, 0.29) is 5.91 Å². The van der Waals surface area contributed by atoms with Gasteiger partial charge in [0.25, 0.3) is 5.91 Å². The van der Waals surface area contributed by atoms with Crippen molar-refractivity contribution >= 4 is 45.9 Å². The Morgan fingerprint density at radius 1 is 1.32 bits per heavy atom. The third-order valence-corrected chi connectivity index (χ3v) is 3.85. The van der Waals surface area contributed by atoms with E-state index in [0.29, 0.717) is 16.6 Å². The van der Waals surface area contributed by atoms with Crippen molar-refractivity contribution < 1.29 is 9.53 Å². The second-order valence-corrected chi connectivity index (χ2v) is 7.02. The Morgan fingerprint density at radius 3 is 2.55 bits per heavy atom. The SMILES string of the molecule is Cc1cc(I)cnc1NC(=O)C(C)(C)Oc1ccc(Cl)cc1. The fourth-order valence-electron chi connectivity index (χ4n) is 1.77. The van der Waals surface area contributed by atoms with Crippen molar-refractivity contribution in [1.82, 2.24) is 4.98 Å². The number of nitrogens with zero attached hydrogens (tertiary/aromatic N) is 1. The van der Waals surface area contributed by atoms with E-state index >= 15 is 0 Å². The minimum Gasteiger partial charge on any atom is -0.478 e. The first-order chi connectivity index (χ1) is 10.3. The van der Waals surface area contributed by atoms with Crippen LogP contribution in [0.15, 0.2) is 36.5 Å². The lowest BCUT2D eigenvalue weighted by Crippen LogP contribution is -2.42. The van der Waals surface area contributed by atoms with E-state index in [1.54, 1.807) is 44.3 Å². The second-order valence-electron chi connectivity index (χ2n) is 5.34. The monoisotopic (exact) mass is 430 g/mol. The highest BCUT2D eigenvalue weighted by atomic mass is 127. The lowest BCUT2D eigenvalue weighted by atomic mass is 10.1. The Bertz CT molecular complexity index is 687. The summed E-state index contributed by atoms with van der Waals surface area (Å²) in [6, 6.07) is 8.85. The zero-order valence-electron chi connectivity index (χ0n) is 12.5. The van der Waals surface area contributed by atoms with Gasteiger partial charge in [0.05, 0.1) is 0 Å². The van der Waals surface area contributed by atoms with Crippen LogP contribution in [0.5, 0.6) is 5.75 Å². The van der Waals surface area contributed by atoms with Crippen LogP contribution in [-0.2, 0) is 4.79 Å². The summed E-state index contributed by atoms with van der Waals surface area (Å²) in [5, 5.41) is 3.42. The van der Waals surface area contributed by atoms with E-state index in [4.69, 9.17) is 16.3 Å². The van der Waals surface area contributed by atoms with Gasteiger partial charge in [-0.25, -0.2) is 4.98 Å². The highest BCUT2D eigenvalue weighted by Gasteiger charge is 2.30. The van der Waals surface area contributed by atoms with Gasteiger partial charge in [-0.3, -0.25) is 4.79 Å². The zero-order valence-corrected chi connectivity index (χ0v) is 15.4. The van der Waals surface area contributed by atoms with Crippen molar-refractivity contribution in [1.29, 1.82) is 0 Å². The summed E-state index contributed by atoms with van der Waals surface area (Å²) in [4.78, 5) is 16.7. The fraction of sp³-hybridized carbons (Fsp3) is 0.250. The van der Waals surface area contributed by atoms with Crippen LogP contribution in [0.2, 0.25) is 5.02 Å². The second kappa shape index (κ2) is 6.83. The molecule has 116 valence electrons. The molecule has 6 heteroatoms. The number of aromatic nitrogens is 1. The minimum atomic E-state index is -1.04. The van der Waals surface area contributed by atoms with E-state index in [0.717, 1.165) is 9.13 Å². The topological polar surface area (TPSA) is 51.2 Å². The van der Waals surface area contributed by atoms with Gasteiger partial charge in [0.1, 0.15) is 11.6 Å². The maximum atomic E-state index is 12.4. The summed E-state index contributed by atoms with van der Waals surface area (Å²) in [5.41, 5.74) is -0.132.